The Hall–Kier alpha value is -1.77. The van der Waals surface area contributed by atoms with Crippen molar-refractivity contribution in [3.05, 3.63) is 42.0 Å². The van der Waals surface area contributed by atoms with Crippen LogP contribution in [0.1, 0.15) is 31.7 Å². The Morgan fingerprint density at radius 2 is 2.11 bits per heavy atom. The zero-order valence-electron chi connectivity index (χ0n) is 11.5. The molecule has 0 saturated heterocycles. The fourth-order valence-corrected chi connectivity index (χ4v) is 1.98. The first kappa shape index (κ1) is 13.7. The number of urea groups is 1. The summed E-state index contributed by atoms with van der Waals surface area (Å²) in [4.78, 5) is 13.9. The Bertz CT molecular complexity index is 424. The molecule has 0 atom stereocenters. The predicted molar refractivity (Wildman–Crippen MR) is 78.9 cm³/mol. The van der Waals surface area contributed by atoms with Gasteiger partial charge >= 0.3 is 6.03 Å². The highest BCUT2D eigenvalue weighted by Crippen LogP contribution is 2.26. The van der Waals surface area contributed by atoms with E-state index >= 15 is 0 Å². The summed E-state index contributed by atoms with van der Waals surface area (Å²) in [5, 5.41) is 2.96. The second-order valence-electron chi connectivity index (χ2n) is 4.93. The number of rotatable bonds is 6. The molecule has 3 heteroatoms. The van der Waals surface area contributed by atoms with Gasteiger partial charge in [-0.05, 0) is 24.8 Å². The van der Waals surface area contributed by atoms with E-state index in [1.54, 1.807) is 0 Å². The van der Waals surface area contributed by atoms with Gasteiger partial charge < -0.3 is 10.2 Å². The van der Waals surface area contributed by atoms with Gasteiger partial charge in [-0.25, -0.2) is 4.79 Å². The SMILES string of the molecule is CCCNC(=O)N(CC=Cc1ccccc1)C1CC1. The van der Waals surface area contributed by atoms with Crippen molar-refractivity contribution >= 4 is 12.1 Å². The molecule has 1 saturated carbocycles. The summed E-state index contributed by atoms with van der Waals surface area (Å²) in [6, 6.07) is 10.7. The lowest BCUT2D eigenvalue weighted by Crippen LogP contribution is -2.41. The number of amides is 2. The second-order valence-corrected chi connectivity index (χ2v) is 4.93. The average molecular weight is 258 g/mol. The van der Waals surface area contributed by atoms with Crippen molar-refractivity contribution in [3.63, 3.8) is 0 Å². The van der Waals surface area contributed by atoms with Gasteiger partial charge in [0.1, 0.15) is 0 Å². The molecular formula is C16H22N2O. The fraction of sp³-hybridized carbons (Fsp3) is 0.438. The van der Waals surface area contributed by atoms with Crippen molar-refractivity contribution in [3.8, 4) is 0 Å². The van der Waals surface area contributed by atoms with Crippen LogP contribution < -0.4 is 5.32 Å². The molecule has 1 aromatic carbocycles. The molecule has 0 heterocycles. The van der Waals surface area contributed by atoms with Crippen molar-refractivity contribution in [1.29, 1.82) is 0 Å². The van der Waals surface area contributed by atoms with E-state index in [2.05, 4.69) is 36.5 Å². The molecule has 1 aliphatic rings. The number of nitrogens with one attached hydrogen (secondary N) is 1. The zero-order chi connectivity index (χ0) is 13.5. The lowest BCUT2D eigenvalue weighted by molar-refractivity contribution is 0.201. The Kier molecular flexibility index (Phi) is 5.01. The maximum absolute atomic E-state index is 12.0. The minimum Gasteiger partial charge on any atom is -0.338 e. The van der Waals surface area contributed by atoms with E-state index in [0.29, 0.717) is 12.6 Å². The highest BCUT2D eigenvalue weighted by molar-refractivity contribution is 5.75. The molecule has 0 bridgehead atoms. The summed E-state index contributed by atoms with van der Waals surface area (Å²) in [7, 11) is 0. The molecule has 0 radical (unpaired) electrons. The number of benzene rings is 1. The van der Waals surface area contributed by atoms with E-state index in [-0.39, 0.29) is 6.03 Å². The summed E-state index contributed by atoms with van der Waals surface area (Å²) in [6.45, 7) is 3.51. The minimum atomic E-state index is 0.0714. The molecule has 2 amide bonds. The van der Waals surface area contributed by atoms with Gasteiger partial charge in [-0.15, -0.1) is 0 Å². The Balaban J connectivity index is 1.87. The van der Waals surface area contributed by atoms with Crippen molar-refractivity contribution in [2.24, 2.45) is 0 Å². The number of nitrogens with zero attached hydrogens (tertiary/aromatic N) is 1. The van der Waals surface area contributed by atoms with Crippen LogP contribution in [0.4, 0.5) is 4.79 Å². The molecule has 1 aliphatic carbocycles. The van der Waals surface area contributed by atoms with Crippen LogP contribution in [0.15, 0.2) is 36.4 Å². The van der Waals surface area contributed by atoms with Gasteiger partial charge in [0.15, 0.2) is 0 Å². The third-order valence-electron chi connectivity index (χ3n) is 3.19. The molecule has 3 nitrogen and oxygen atoms in total. The van der Waals surface area contributed by atoms with E-state index in [0.717, 1.165) is 25.8 Å². The largest absolute Gasteiger partial charge is 0.338 e. The van der Waals surface area contributed by atoms with Crippen LogP contribution in [0.2, 0.25) is 0 Å². The molecule has 1 N–H and O–H groups in total. The normalized spacial score (nSPS) is 14.6. The lowest BCUT2D eigenvalue weighted by Gasteiger charge is -2.21. The van der Waals surface area contributed by atoms with E-state index in [1.807, 2.05) is 23.1 Å². The first-order valence-corrected chi connectivity index (χ1v) is 7.07. The minimum absolute atomic E-state index is 0.0714. The Morgan fingerprint density at radius 3 is 2.74 bits per heavy atom. The molecule has 0 unspecified atom stereocenters. The molecule has 1 fully saturated rings. The van der Waals surface area contributed by atoms with Crippen molar-refractivity contribution in [2.75, 3.05) is 13.1 Å². The molecule has 2 rings (SSSR count). The molecule has 0 aromatic heterocycles. The number of carbonyl (C=O) groups is 1. The first-order chi connectivity index (χ1) is 9.31. The summed E-state index contributed by atoms with van der Waals surface area (Å²) in [5.74, 6) is 0. The van der Waals surface area contributed by atoms with E-state index in [4.69, 9.17) is 0 Å². The van der Waals surface area contributed by atoms with Gasteiger partial charge in [-0.3, -0.25) is 0 Å². The van der Waals surface area contributed by atoms with Gasteiger partial charge in [0, 0.05) is 19.1 Å². The van der Waals surface area contributed by atoms with Gasteiger partial charge in [-0.1, -0.05) is 49.4 Å². The van der Waals surface area contributed by atoms with E-state index in [1.165, 1.54) is 5.56 Å². The number of carbonyl (C=O) groups excluding carboxylic acids is 1. The maximum atomic E-state index is 12.0. The van der Waals surface area contributed by atoms with Crippen molar-refractivity contribution < 1.29 is 4.79 Å². The van der Waals surface area contributed by atoms with E-state index in [9.17, 15) is 4.79 Å². The molecular weight excluding hydrogens is 236 g/mol. The molecule has 0 spiro atoms. The van der Waals surface area contributed by atoms with Crippen LogP contribution in [0.25, 0.3) is 6.08 Å². The first-order valence-electron chi connectivity index (χ1n) is 7.07. The summed E-state index contributed by atoms with van der Waals surface area (Å²) >= 11 is 0. The van der Waals surface area contributed by atoms with E-state index < -0.39 is 0 Å². The third-order valence-corrected chi connectivity index (χ3v) is 3.19. The molecule has 0 aliphatic heterocycles. The van der Waals surface area contributed by atoms with Crippen LogP contribution in [0.3, 0.4) is 0 Å². The number of hydrogen-bond donors (Lipinski definition) is 1. The maximum Gasteiger partial charge on any atom is 0.317 e. The predicted octanol–water partition coefficient (Wildman–Crippen LogP) is 3.28. The molecule has 19 heavy (non-hydrogen) atoms. The summed E-state index contributed by atoms with van der Waals surface area (Å²) < 4.78 is 0. The van der Waals surface area contributed by atoms with Gasteiger partial charge in [-0.2, -0.15) is 0 Å². The van der Waals surface area contributed by atoms with Crippen LogP contribution >= 0.6 is 0 Å². The van der Waals surface area contributed by atoms with Crippen LogP contribution in [0.5, 0.6) is 0 Å². The molecule has 1 aromatic rings. The average Bonchev–Trinajstić information content (AvgIpc) is 3.26. The Morgan fingerprint density at radius 1 is 1.37 bits per heavy atom. The third kappa shape index (κ3) is 4.43. The summed E-state index contributed by atoms with van der Waals surface area (Å²) in [5.41, 5.74) is 1.17. The van der Waals surface area contributed by atoms with Crippen LogP contribution in [-0.2, 0) is 0 Å². The highest BCUT2D eigenvalue weighted by atomic mass is 16.2. The second kappa shape index (κ2) is 6.98. The van der Waals surface area contributed by atoms with Crippen LogP contribution in [-0.4, -0.2) is 30.1 Å². The lowest BCUT2D eigenvalue weighted by atomic mass is 10.2. The fourth-order valence-electron chi connectivity index (χ4n) is 1.98. The molecule has 102 valence electrons. The van der Waals surface area contributed by atoms with Gasteiger partial charge in [0.05, 0.1) is 0 Å². The smallest absolute Gasteiger partial charge is 0.317 e. The monoisotopic (exact) mass is 258 g/mol. The van der Waals surface area contributed by atoms with Crippen molar-refractivity contribution in [2.45, 2.75) is 32.2 Å². The van der Waals surface area contributed by atoms with Crippen molar-refractivity contribution in [1.82, 2.24) is 10.2 Å². The highest BCUT2D eigenvalue weighted by Gasteiger charge is 2.31. The van der Waals surface area contributed by atoms with Gasteiger partial charge in [0.2, 0.25) is 0 Å². The van der Waals surface area contributed by atoms with Gasteiger partial charge in [0.25, 0.3) is 0 Å². The topological polar surface area (TPSA) is 32.3 Å². The standard InChI is InChI=1S/C16H22N2O/c1-2-12-17-16(19)18(15-10-11-15)13-6-9-14-7-4-3-5-8-14/h3-9,15H,2,10-13H2,1H3,(H,17,19). The quantitative estimate of drug-likeness (QED) is 0.834. The zero-order valence-corrected chi connectivity index (χ0v) is 11.5. The summed E-state index contributed by atoms with van der Waals surface area (Å²) in [6.07, 6.45) is 7.39. The Labute approximate surface area is 115 Å². The number of hydrogen-bond acceptors (Lipinski definition) is 1. The van der Waals surface area contributed by atoms with Crippen LogP contribution in [0, 0.1) is 0 Å².